The Balaban J connectivity index is 0.000000240. The summed E-state index contributed by atoms with van der Waals surface area (Å²) >= 11 is 9.77. The van der Waals surface area contributed by atoms with Gasteiger partial charge in [-0.05, 0) is 61.5 Å². The van der Waals surface area contributed by atoms with Gasteiger partial charge in [0, 0.05) is 24.8 Å². The predicted octanol–water partition coefficient (Wildman–Crippen LogP) is 1.60. The molecule has 0 unspecified atom stereocenters. The van der Waals surface area contributed by atoms with Crippen LogP contribution in [0.3, 0.4) is 0 Å². The number of carbonyl (C=O) groups is 2. The summed E-state index contributed by atoms with van der Waals surface area (Å²) in [6, 6.07) is 15.4. The first-order valence-electron chi connectivity index (χ1n) is 10.0. The van der Waals surface area contributed by atoms with Crippen molar-refractivity contribution in [3.05, 3.63) is 48.5 Å². The Hall–Kier alpha value is -3.39. The van der Waals surface area contributed by atoms with Gasteiger partial charge in [0.25, 0.3) is 0 Å². The maximum Gasteiger partial charge on any atom is 2.00 e. The first kappa shape index (κ1) is 27.8. The molecule has 0 saturated carbocycles. The van der Waals surface area contributed by atoms with Crippen molar-refractivity contribution in [3.8, 4) is 12.0 Å². The van der Waals surface area contributed by atoms with Gasteiger partial charge < -0.3 is 39.2 Å². The quantitative estimate of drug-likeness (QED) is 0.305. The van der Waals surface area contributed by atoms with Crippen LogP contribution in [0.2, 0.25) is 0 Å². The zero-order valence-corrected chi connectivity index (χ0v) is 20.6. The Morgan fingerprint density at radius 2 is 1.09 bits per heavy atom. The van der Waals surface area contributed by atoms with Crippen molar-refractivity contribution < 1.29 is 46.1 Å². The maximum absolute atomic E-state index is 10.2. The molecule has 4 aromatic rings. The molecule has 35 heavy (non-hydrogen) atoms. The predicted molar refractivity (Wildman–Crippen MR) is 127 cm³/mol. The number of rotatable bonds is 8. The molecule has 10 nitrogen and oxygen atoms in total. The molecular weight excluding hydrogens is 539 g/mol. The number of carboxylic acids is 2. The number of imidazole rings is 2. The first-order chi connectivity index (χ1) is 16.3. The van der Waals surface area contributed by atoms with E-state index in [1.54, 1.807) is 0 Å². The number of aromatic amines is 2. The van der Waals surface area contributed by atoms with E-state index in [-0.39, 0.29) is 64.6 Å². The third-order valence-corrected chi connectivity index (χ3v) is 4.80. The smallest absolute Gasteiger partial charge is 0.550 e. The summed E-state index contributed by atoms with van der Waals surface area (Å²) in [4.78, 5) is 34.7. The number of benzene rings is 2. The minimum atomic E-state index is -1.15. The number of ether oxygens (including phenoxy) is 2. The summed E-state index contributed by atoms with van der Waals surface area (Å²) in [5.74, 6) is -2.30. The normalized spacial score (nSPS) is 10.1. The molecule has 183 valence electrons. The molecule has 4 rings (SSSR count). The standard InChI is InChI=1S/2C11H10N2O3S.Co/c2*14-9(15)5-6-10(17)16-11-12-7-3-1-2-4-8(7)13-11;/h2*1-4H,5-6H2,(H,12,13)(H,14,15);/q;;+2/p-2. The molecule has 2 aromatic heterocycles. The summed E-state index contributed by atoms with van der Waals surface area (Å²) in [6.45, 7) is 0. The van der Waals surface area contributed by atoms with E-state index in [9.17, 15) is 19.8 Å². The Bertz CT molecular complexity index is 1170. The Morgan fingerprint density at radius 3 is 1.43 bits per heavy atom. The molecule has 1 radical (unpaired) electrons. The van der Waals surface area contributed by atoms with Gasteiger partial charge >= 0.3 is 28.8 Å². The van der Waals surface area contributed by atoms with Crippen molar-refractivity contribution in [2.45, 2.75) is 25.7 Å². The number of aromatic nitrogens is 4. The molecule has 0 spiro atoms. The van der Waals surface area contributed by atoms with Crippen molar-refractivity contribution in [1.82, 2.24) is 19.9 Å². The molecule has 0 atom stereocenters. The first-order valence-corrected chi connectivity index (χ1v) is 10.8. The van der Waals surface area contributed by atoms with Crippen molar-refractivity contribution in [2.75, 3.05) is 0 Å². The zero-order chi connectivity index (χ0) is 24.5. The van der Waals surface area contributed by atoms with Crippen LogP contribution < -0.4 is 19.7 Å². The van der Waals surface area contributed by atoms with Gasteiger partial charge in [-0.15, -0.1) is 0 Å². The van der Waals surface area contributed by atoms with Crippen LogP contribution in [-0.2, 0) is 26.4 Å². The van der Waals surface area contributed by atoms with Crippen molar-refractivity contribution in [3.63, 3.8) is 0 Å². The van der Waals surface area contributed by atoms with E-state index in [4.69, 9.17) is 33.9 Å². The topological polar surface area (TPSA) is 156 Å². The third kappa shape index (κ3) is 9.05. The van der Waals surface area contributed by atoms with E-state index < -0.39 is 11.9 Å². The SMILES string of the molecule is O=C([O-])CCC(=S)Oc1nc2ccccc2[nH]1.O=C([O-])CCC(=S)Oc1nc2ccccc2[nH]1.[Co+2]. The van der Waals surface area contributed by atoms with Gasteiger partial charge in [0.1, 0.15) is 0 Å². The van der Waals surface area contributed by atoms with E-state index >= 15 is 0 Å². The van der Waals surface area contributed by atoms with Gasteiger partial charge in [0.15, 0.2) is 10.1 Å². The van der Waals surface area contributed by atoms with Gasteiger partial charge in [-0.1, -0.05) is 24.3 Å². The second kappa shape index (κ2) is 13.5. The zero-order valence-electron chi connectivity index (χ0n) is 17.9. The van der Waals surface area contributed by atoms with Crippen LogP contribution in [0.1, 0.15) is 25.7 Å². The monoisotopic (exact) mass is 557 g/mol. The van der Waals surface area contributed by atoms with Gasteiger partial charge in [-0.3, -0.25) is 0 Å². The largest absolute Gasteiger partial charge is 2.00 e. The molecule has 0 saturated heterocycles. The van der Waals surface area contributed by atoms with Gasteiger partial charge in [-0.25, -0.2) is 0 Å². The van der Waals surface area contributed by atoms with Crippen LogP contribution in [0.15, 0.2) is 48.5 Å². The number of aliphatic carboxylic acids is 2. The number of carboxylic acid groups (broad SMARTS) is 2. The van der Waals surface area contributed by atoms with Crippen LogP contribution in [0.4, 0.5) is 0 Å². The molecular formula is C22H18CoN4O6S2. The number of fused-ring (bicyclic) bond motifs is 2. The summed E-state index contributed by atoms with van der Waals surface area (Å²) in [7, 11) is 0. The second-order valence-electron chi connectivity index (χ2n) is 6.81. The summed E-state index contributed by atoms with van der Waals surface area (Å²) in [5.41, 5.74) is 3.21. The molecule has 0 aliphatic carbocycles. The average molecular weight is 557 g/mol. The van der Waals surface area contributed by atoms with Gasteiger partial charge in [-0.2, -0.15) is 9.97 Å². The van der Waals surface area contributed by atoms with E-state index in [1.165, 1.54) is 0 Å². The molecule has 0 aliphatic rings. The Labute approximate surface area is 220 Å². The van der Waals surface area contributed by atoms with Crippen LogP contribution >= 0.6 is 24.4 Å². The van der Waals surface area contributed by atoms with Crippen molar-refractivity contribution >= 4 is 68.5 Å². The molecule has 2 aromatic carbocycles. The molecule has 0 amide bonds. The number of thiocarbonyl (C=S) groups is 2. The van der Waals surface area contributed by atoms with Gasteiger partial charge in [0.05, 0.1) is 22.1 Å². The number of hydrogen-bond donors (Lipinski definition) is 2. The average Bonchev–Trinajstić information content (AvgIpc) is 3.39. The molecule has 2 N–H and O–H groups in total. The fraction of sp³-hybridized carbons (Fsp3) is 0.182. The Morgan fingerprint density at radius 1 is 0.714 bits per heavy atom. The molecule has 0 aliphatic heterocycles. The number of para-hydroxylation sites is 4. The van der Waals surface area contributed by atoms with E-state index in [2.05, 4.69) is 19.9 Å². The fourth-order valence-electron chi connectivity index (χ4n) is 2.68. The van der Waals surface area contributed by atoms with Gasteiger partial charge in [0.2, 0.25) is 0 Å². The summed E-state index contributed by atoms with van der Waals surface area (Å²) < 4.78 is 10.4. The van der Waals surface area contributed by atoms with Crippen LogP contribution in [-0.4, -0.2) is 42.0 Å². The maximum atomic E-state index is 10.2. The van der Waals surface area contributed by atoms with Crippen LogP contribution in [0.25, 0.3) is 22.1 Å². The molecule has 2 heterocycles. The number of carbonyl (C=O) groups excluding carboxylic acids is 2. The van der Waals surface area contributed by atoms with E-state index in [1.807, 2.05) is 48.5 Å². The number of nitrogens with one attached hydrogen (secondary N) is 2. The molecule has 0 fully saturated rings. The Kier molecular flexibility index (Phi) is 10.7. The van der Waals surface area contributed by atoms with Crippen molar-refractivity contribution in [2.24, 2.45) is 0 Å². The van der Waals surface area contributed by atoms with E-state index in [0.29, 0.717) is 0 Å². The van der Waals surface area contributed by atoms with Crippen LogP contribution in [0, 0.1) is 0 Å². The van der Waals surface area contributed by atoms with Crippen LogP contribution in [0.5, 0.6) is 12.0 Å². The summed E-state index contributed by atoms with van der Waals surface area (Å²) in [5, 5.41) is 20.8. The molecule has 0 bridgehead atoms. The minimum Gasteiger partial charge on any atom is -0.550 e. The fourth-order valence-corrected chi connectivity index (χ4v) is 3.04. The summed E-state index contributed by atoms with van der Waals surface area (Å²) in [6.07, 6.45) is -0.0401. The minimum absolute atomic E-state index is 0. The third-order valence-electron chi connectivity index (χ3n) is 4.22. The molecule has 13 heteroatoms. The van der Waals surface area contributed by atoms with E-state index in [0.717, 1.165) is 22.1 Å². The van der Waals surface area contributed by atoms with Crippen molar-refractivity contribution in [1.29, 1.82) is 0 Å². The second-order valence-corrected chi connectivity index (χ2v) is 7.72. The number of nitrogens with zero attached hydrogens (tertiary/aromatic N) is 2. The number of H-pyrrole nitrogens is 2. The number of hydrogen-bond acceptors (Lipinski definition) is 10.